The largest absolute Gasteiger partial charge is 0.481 e. The van der Waals surface area contributed by atoms with Crippen molar-refractivity contribution < 1.29 is 32.6 Å². The van der Waals surface area contributed by atoms with Crippen LogP contribution in [0.4, 0.5) is 18.0 Å². The highest BCUT2D eigenvalue weighted by atomic mass is 19.4. The van der Waals surface area contributed by atoms with Crippen LogP contribution in [0, 0.1) is 0 Å². The van der Waals surface area contributed by atoms with Crippen LogP contribution in [0.1, 0.15) is 23.6 Å². The number of carbonyl (C=O) groups is 2. The number of benzene rings is 1. The Morgan fingerprint density at radius 3 is 2.36 bits per heavy atom. The van der Waals surface area contributed by atoms with E-state index in [1.165, 1.54) is 6.08 Å². The van der Waals surface area contributed by atoms with Gasteiger partial charge in [0, 0.05) is 0 Å². The molecule has 0 saturated carbocycles. The van der Waals surface area contributed by atoms with Crippen LogP contribution in [-0.4, -0.2) is 23.8 Å². The fourth-order valence-electron chi connectivity index (χ4n) is 1.65. The standard InChI is InChI=1S/C14H14F3NO4/c1-2-7-22-13(21)18-11(8-12(19)20)9-3-5-10(6-4-9)14(15,16)17/h2-6,11H,1,7-8H2,(H,18,21)(H,19,20)/t11-/m0/s1. The van der Waals surface area contributed by atoms with Gasteiger partial charge in [0.05, 0.1) is 18.0 Å². The van der Waals surface area contributed by atoms with E-state index in [1.807, 2.05) is 0 Å². The molecule has 0 spiro atoms. The zero-order valence-corrected chi connectivity index (χ0v) is 11.4. The molecule has 120 valence electrons. The lowest BCUT2D eigenvalue weighted by molar-refractivity contribution is -0.138. The Hall–Kier alpha value is -2.51. The van der Waals surface area contributed by atoms with Crippen LogP contribution in [0.15, 0.2) is 36.9 Å². The van der Waals surface area contributed by atoms with Crippen molar-refractivity contribution in [2.24, 2.45) is 0 Å². The first kappa shape index (κ1) is 17.5. The van der Waals surface area contributed by atoms with Gasteiger partial charge in [0.1, 0.15) is 6.61 Å². The summed E-state index contributed by atoms with van der Waals surface area (Å²) in [6.07, 6.45) is -4.54. The number of carboxylic acid groups (broad SMARTS) is 1. The molecule has 8 heteroatoms. The van der Waals surface area contributed by atoms with Gasteiger partial charge < -0.3 is 15.2 Å². The van der Waals surface area contributed by atoms with Crippen molar-refractivity contribution in [2.75, 3.05) is 6.61 Å². The Morgan fingerprint density at radius 1 is 1.32 bits per heavy atom. The van der Waals surface area contributed by atoms with Crippen LogP contribution in [0.2, 0.25) is 0 Å². The summed E-state index contributed by atoms with van der Waals surface area (Å²) in [4.78, 5) is 22.3. The summed E-state index contributed by atoms with van der Waals surface area (Å²) in [5.41, 5.74) is -0.634. The van der Waals surface area contributed by atoms with Gasteiger partial charge in [-0.25, -0.2) is 4.79 Å². The van der Waals surface area contributed by atoms with Crippen LogP contribution in [0.3, 0.4) is 0 Å². The molecule has 1 aromatic carbocycles. The van der Waals surface area contributed by atoms with Crippen molar-refractivity contribution in [3.63, 3.8) is 0 Å². The monoisotopic (exact) mass is 317 g/mol. The van der Waals surface area contributed by atoms with Gasteiger partial charge >= 0.3 is 18.2 Å². The third-order valence-electron chi connectivity index (χ3n) is 2.64. The lowest BCUT2D eigenvalue weighted by Gasteiger charge is -2.17. The molecule has 2 N–H and O–H groups in total. The molecule has 1 aromatic rings. The number of ether oxygens (including phenoxy) is 1. The van der Waals surface area contributed by atoms with Crippen molar-refractivity contribution in [2.45, 2.75) is 18.6 Å². The second kappa shape index (κ2) is 7.48. The molecule has 0 radical (unpaired) electrons. The fraction of sp³-hybridized carbons (Fsp3) is 0.286. The molecule has 0 aliphatic carbocycles. The van der Waals surface area contributed by atoms with Crippen molar-refractivity contribution in [3.05, 3.63) is 48.0 Å². The predicted molar refractivity (Wildman–Crippen MR) is 71.1 cm³/mol. The van der Waals surface area contributed by atoms with Gasteiger partial charge in [0.15, 0.2) is 0 Å². The number of alkyl halides is 3. The van der Waals surface area contributed by atoms with Crippen LogP contribution in [0.5, 0.6) is 0 Å². The first-order valence-corrected chi connectivity index (χ1v) is 6.17. The first-order valence-electron chi connectivity index (χ1n) is 6.17. The molecular weight excluding hydrogens is 303 g/mol. The maximum atomic E-state index is 12.5. The van der Waals surface area contributed by atoms with Gasteiger partial charge in [-0.1, -0.05) is 24.8 Å². The van der Waals surface area contributed by atoms with Crippen molar-refractivity contribution in [1.82, 2.24) is 5.32 Å². The lowest BCUT2D eigenvalue weighted by atomic mass is 10.0. The van der Waals surface area contributed by atoms with Gasteiger partial charge in [0.2, 0.25) is 0 Å². The third kappa shape index (κ3) is 5.47. The first-order chi connectivity index (χ1) is 10.2. The van der Waals surface area contributed by atoms with Crippen molar-refractivity contribution in [1.29, 1.82) is 0 Å². The van der Waals surface area contributed by atoms with Gasteiger partial charge in [-0.2, -0.15) is 13.2 Å². The minimum Gasteiger partial charge on any atom is -0.481 e. The van der Waals surface area contributed by atoms with Crippen LogP contribution < -0.4 is 5.32 Å². The topological polar surface area (TPSA) is 75.6 Å². The third-order valence-corrected chi connectivity index (χ3v) is 2.64. The van der Waals surface area contributed by atoms with Gasteiger partial charge in [0.25, 0.3) is 0 Å². The van der Waals surface area contributed by atoms with Crippen LogP contribution in [0.25, 0.3) is 0 Å². The highest BCUT2D eigenvalue weighted by Gasteiger charge is 2.30. The summed E-state index contributed by atoms with van der Waals surface area (Å²) in [5, 5.41) is 11.1. The zero-order chi connectivity index (χ0) is 16.8. The summed E-state index contributed by atoms with van der Waals surface area (Å²) < 4.78 is 42.1. The quantitative estimate of drug-likeness (QED) is 0.790. The Morgan fingerprint density at radius 2 is 1.91 bits per heavy atom. The summed E-state index contributed by atoms with van der Waals surface area (Å²) in [5.74, 6) is -1.21. The van der Waals surface area contributed by atoms with Gasteiger partial charge in [-0.3, -0.25) is 4.79 Å². The Labute approximate surface area is 124 Å². The molecule has 5 nitrogen and oxygen atoms in total. The number of alkyl carbamates (subject to hydrolysis) is 1. The second-order valence-corrected chi connectivity index (χ2v) is 4.30. The summed E-state index contributed by atoms with van der Waals surface area (Å²) >= 11 is 0. The SMILES string of the molecule is C=CCOC(=O)N[C@@H](CC(=O)O)c1ccc(C(F)(F)F)cc1. The number of nitrogens with one attached hydrogen (secondary N) is 1. The zero-order valence-electron chi connectivity index (χ0n) is 11.4. The highest BCUT2D eigenvalue weighted by molar-refractivity contribution is 5.72. The summed E-state index contributed by atoms with van der Waals surface area (Å²) in [6, 6.07) is 2.87. The van der Waals surface area contributed by atoms with Crippen LogP contribution >= 0.6 is 0 Å². The molecular formula is C14H14F3NO4. The predicted octanol–water partition coefficient (Wildman–Crippen LogP) is 3.13. The molecule has 1 amide bonds. The molecule has 0 unspecified atom stereocenters. The number of aliphatic carboxylic acids is 1. The van der Waals surface area contributed by atoms with Gasteiger partial charge in [-0.05, 0) is 17.7 Å². The molecule has 0 aromatic heterocycles. The van der Waals surface area contributed by atoms with Crippen molar-refractivity contribution in [3.8, 4) is 0 Å². The van der Waals surface area contributed by atoms with Crippen molar-refractivity contribution >= 4 is 12.1 Å². The normalized spacial score (nSPS) is 12.3. The Balaban J connectivity index is 2.89. The minimum absolute atomic E-state index is 0.0708. The van der Waals surface area contributed by atoms with E-state index in [0.717, 1.165) is 24.3 Å². The smallest absolute Gasteiger partial charge is 0.416 e. The Kier molecular flexibility index (Phi) is 5.97. The van der Waals surface area contributed by atoms with Crippen LogP contribution in [-0.2, 0) is 15.7 Å². The number of amides is 1. The van der Waals surface area contributed by atoms with E-state index in [-0.39, 0.29) is 12.2 Å². The average molecular weight is 317 g/mol. The van der Waals surface area contributed by atoms with E-state index >= 15 is 0 Å². The summed E-state index contributed by atoms with van der Waals surface area (Å²) in [7, 11) is 0. The van der Waals surface area contributed by atoms with E-state index < -0.39 is 36.3 Å². The molecule has 0 saturated heterocycles. The Bertz CT molecular complexity index is 540. The molecule has 0 aliphatic heterocycles. The number of rotatable bonds is 6. The molecule has 0 aliphatic rings. The second-order valence-electron chi connectivity index (χ2n) is 4.30. The van der Waals surface area contributed by atoms with E-state index in [1.54, 1.807) is 0 Å². The molecule has 0 fully saturated rings. The number of hydrogen-bond acceptors (Lipinski definition) is 3. The molecule has 1 rings (SSSR count). The number of carboxylic acids is 1. The maximum absolute atomic E-state index is 12.5. The van der Waals surface area contributed by atoms with E-state index in [4.69, 9.17) is 5.11 Å². The lowest BCUT2D eigenvalue weighted by Crippen LogP contribution is -2.30. The number of hydrogen-bond donors (Lipinski definition) is 2. The number of carbonyl (C=O) groups excluding carboxylic acids is 1. The summed E-state index contributed by atoms with van der Waals surface area (Å²) in [6.45, 7) is 3.27. The molecule has 22 heavy (non-hydrogen) atoms. The molecule has 1 atom stereocenters. The minimum atomic E-state index is -4.49. The van der Waals surface area contributed by atoms with E-state index in [0.29, 0.717) is 0 Å². The molecule has 0 bridgehead atoms. The average Bonchev–Trinajstić information content (AvgIpc) is 2.43. The van der Waals surface area contributed by atoms with Gasteiger partial charge in [-0.15, -0.1) is 0 Å². The number of halogens is 3. The maximum Gasteiger partial charge on any atom is 0.416 e. The highest BCUT2D eigenvalue weighted by Crippen LogP contribution is 2.30. The fourth-order valence-corrected chi connectivity index (χ4v) is 1.65. The molecule has 0 heterocycles. The van der Waals surface area contributed by atoms with E-state index in [9.17, 15) is 22.8 Å². The van der Waals surface area contributed by atoms with E-state index in [2.05, 4.69) is 16.6 Å².